The Hall–Kier alpha value is -2.11. The zero-order valence-electron chi connectivity index (χ0n) is 8.17. The fraction of sp³-hybridized carbons (Fsp3) is 0.222. The molecular formula is C9H10N2O4. The van der Waals surface area contributed by atoms with Crippen LogP contribution >= 0.6 is 0 Å². The van der Waals surface area contributed by atoms with E-state index in [1.54, 1.807) is 0 Å². The molecule has 0 spiro atoms. The maximum atomic E-state index is 11.1. The highest BCUT2D eigenvalue weighted by molar-refractivity contribution is 5.86. The summed E-state index contributed by atoms with van der Waals surface area (Å²) in [5.41, 5.74) is 0.244. The van der Waals surface area contributed by atoms with Crippen LogP contribution < -0.4 is 0 Å². The molecule has 0 fully saturated rings. The normalized spacial score (nSPS) is 9.40. The largest absolute Gasteiger partial charge is 0.424 e. The Morgan fingerprint density at radius 1 is 1.47 bits per heavy atom. The van der Waals surface area contributed by atoms with Gasteiger partial charge in [-0.05, 0) is 6.92 Å². The van der Waals surface area contributed by atoms with E-state index in [0.717, 1.165) is 4.57 Å². The molecule has 0 amide bonds. The molecule has 0 atom stereocenters. The van der Waals surface area contributed by atoms with E-state index in [-0.39, 0.29) is 5.57 Å². The maximum Gasteiger partial charge on any atom is 0.422 e. The van der Waals surface area contributed by atoms with Crippen molar-refractivity contribution in [3.63, 3.8) is 0 Å². The summed E-state index contributed by atoms with van der Waals surface area (Å²) >= 11 is 0. The Balaban J connectivity index is 2.30. The van der Waals surface area contributed by atoms with Gasteiger partial charge >= 0.3 is 12.1 Å². The highest BCUT2D eigenvalue weighted by Gasteiger charge is 2.07. The highest BCUT2D eigenvalue weighted by Crippen LogP contribution is 1.94. The zero-order chi connectivity index (χ0) is 11.3. The second-order valence-corrected chi connectivity index (χ2v) is 2.71. The Bertz CT molecular complexity index is 369. The molecule has 1 aromatic heterocycles. The van der Waals surface area contributed by atoms with E-state index in [4.69, 9.17) is 0 Å². The second-order valence-electron chi connectivity index (χ2n) is 2.71. The average molecular weight is 210 g/mol. The standard InChI is InChI=1S/C9H10N2O4/c1-7(2)8(12)14-6-15-9(13)11-4-3-10-5-11/h3-5H,1,6H2,2H3. The first-order valence-corrected chi connectivity index (χ1v) is 4.09. The molecule has 0 radical (unpaired) electrons. The van der Waals surface area contributed by atoms with Crippen LogP contribution in [0.1, 0.15) is 6.92 Å². The number of aromatic nitrogens is 2. The van der Waals surface area contributed by atoms with Crippen LogP contribution in [0.25, 0.3) is 0 Å². The van der Waals surface area contributed by atoms with Crippen LogP contribution in [0, 0.1) is 0 Å². The van der Waals surface area contributed by atoms with Crippen molar-refractivity contribution < 1.29 is 19.1 Å². The van der Waals surface area contributed by atoms with Crippen molar-refractivity contribution in [1.29, 1.82) is 0 Å². The van der Waals surface area contributed by atoms with Gasteiger partial charge in [0.1, 0.15) is 6.33 Å². The Morgan fingerprint density at radius 3 is 2.73 bits per heavy atom. The molecule has 0 aliphatic rings. The number of hydrogen-bond acceptors (Lipinski definition) is 5. The number of nitrogens with zero attached hydrogens (tertiary/aromatic N) is 2. The van der Waals surface area contributed by atoms with Gasteiger partial charge in [-0.2, -0.15) is 0 Å². The minimum atomic E-state index is -0.665. The van der Waals surface area contributed by atoms with E-state index >= 15 is 0 Å². The van der Waals surface area contributed by atoms with Gasteiger partial charge in [0.15, 0.2) is 0 Å². The minimum absolute atomic E-state index is 0.244. The summed E-state index contributed by atoms with van der Waals surface area (Å²) in [5, 5.41) is 0. The van der Waals surface area contributed by atoms with Gasteiger partial charge in [-0.3, -0.25) is 0 Å². The van der Waals surface area contributed by atoms with Crippen molar-refractivity contribution in [2.24, 2.45) is 0 Å². The monoisotopic (exact) mass is 210 g/mol. The molecule has 0 saturated heterocycles. The molecule has 15 heavy (non-hydrogen) atoms. The quantitative estimate of drug-likeness (QED) is 0.422. The van der Waals surface area contributed by atoms with Gasteiger partial charge in [-0.1, -0.05) is 6.58 Å². The van der Waals surface area contributed by atoms with Crippen molar-refractivity contribution in [3.05, 3.63) is 30.9 Å². The first-order valence-electron chi connectivity index (χ1n) is 4.09. The summed E-state index contributed by atoms with van der Waals surface area (Å²) < 4.78 is 10.3. The summed E-state index contributed by atoms with van der Waals surface area (Å²) in [5.74, 6) is -0.603. The first-order chi connectivity index (χ1) is 7.11. The number of ether oxygens (including phenoxy) is 2. The van der Waals surface area contributed by atoms with Crippen molar-refractivity contribution in [2.75, 3.05) is 6.79 Å². The van der Waals surface area contributed by atoms with E-state index in [2.05, 4.69) is 21.0 Å². The second kappa shape index (κ2) is 4.94. The Labute approximate surface area is 86.1 Å². The van der Waals surface area contributed by atoms with Crippen molar-refractivity contribution in [2.45, 2.75) is 6.92 Å². The first kappa shape index (κ1) is 11.0. The number of hydrogen-bond donors (Lipinski definition) is 0. The maximum absolute atomic E-state index is 11.1. The summed E-state index contributed by atoms with van der Waals surface area (Å²) in [6.45, 7) is 4.43. The third-order valence-electron chi connectivity index (χ3n) is 1.44. The van der Waals surface area contributed by atoms with Crippen molar-refractivity contribution in [1.82, 2.24) is 9.55 Å². The van der Waals surface area contributed by atoms with Crippen LogP contribution in [-0.4, -0.2) is 28.4 Å². The molecule has 0 bridgehead atoms. The van der Waals surface area contributed by atoms with Crippen LogP contribution in [0.15, 0.2) is 30.9 Å². The number of carbonyl (C=O) groups is 2. The van der Waals surface area contributed by atoms with E-state index in [0.29, 0.717) is 0 Å². The SMILES string of the molecule is C=C(C)C(=O)OCOC(=O)n1ccnc1. The molecule has 6 nitrogen and oxygen atoms in total. The predicted molar refractivity (Wildman–Crippen MR) is 49.9 cm³/mol. The lowest BCUT2D eigenvalue weighted by atomic mass is 10.4. The lowest BCUT2D eigenvalue weighted by Crippen LogP contribution is -2.16. The van der Waals surface area contributed by atoms with Gasteiger partial charge in [0.05, 0.1) is 0 Å². The molecule has 1 aromatic rings. The van der Waals surface area contributed by atoms with E-state index in [1.165, 1.54) is 25.6 Å². The molecular weight excluding hydrogens is 200 g/mol. The summed E-state index contributed by atoms with van der Waals surface area (Å²) in [7, 11) is 0. The minimum Gasteiger partial charge on any atom is -0.424 e. The van der Waals surface area contributed by atoms with Crippen LogP contribution in [0.2, 0.25) is 0 Å². The molecule has 1 rings (SSSR count). The molecule has 0 aliphatic carbocycles. The van der Waals surface area contributed by atoms with Crippen LogP contribution in [0.3, 0.4) is 0 Å². The van der Waals surface area contributed by atoms with Gasteiger partial charge < -0.3 is 9.47 Å². The van der Waals surface area contributed by atoms with Crippen LogP contribution in [0.5, 0.6) is 0 Å². The molecule has 0 aliphatic heterocycles. The molecule has 0 saturated carbocycles. The van der Waals surface area contributed by atoms with Crippen molar-refractivity contribution >= 4 is 12.1 Å². The van der Waals surface area contributed by atoms with Gasteiger partial charge in [0, 0.05) is 18.0 Å². The lowest BCUT2D eigenvalue weighted by molar-refractivity contribution is -0.146. The lowest BCUT2D eigenvalue weighted by Gasteiger charge is -2.05. The fourth-order valence-electron chi connectivity index (χ4n) is 0.698. The Kier molecular flexibility index (Phi) is 3.61. The number of imidazole rings is 1. The van der Waals surface area contributed by atoms with Gasteiger partial charge in [-0.25, -0.2) is 19.1 Å². The van der Waals surface area contributed by atoms with E-state index in [9.17, 15) is 9.59 Å². The molecule has 0 N–H and O–H groups in total. The smallest absolute Gasteiger partial charge is 0.422 e. The van der Waals surface area contributed by atoms with Crippen LogP contribution in [-0.2, 0) is 14.3 Å². The Morgan fingerprint density at radius 2 is 2.20 bits per heavy atom. The van der Waals surface area contributed by atoms with Crippen molar-refractivity contribution in [3.8, 4) is 0 Å². The average Bonchev–Trinajstić information content (AvgIpc) is 2.70. The molecule has 6 heteroatoms. The zero-order valence-corrected chi connectivity index (χ0v) is 8.17. The number of carbonyl (C=O) groups excluding carboxylic acids is 2. The molecule has 0 unspecified atom stereocenters. The fourth-order valence-corrected chi connectivity index (χ4v) is 0.698. The van der Waals surface area contributed by atoms with Gasteiger partial charge in [-0.15, -0.1) is 0 Å². The summed E-state index contributed by atoms with van der Waals surface area (Å²) in [4.78, 5) is 25.7. The molecule has 1 heterocycles. The third-order valence-corrected chi connectivity index (χ3v) is 1.44. The summed E-state index contributed by atoms with van der Waals surface area (Å²) in [6, 6.07) is 0. The molecule has 0 aromatic carbocycles. The number of rotatable bonds is 3. The number of esters is 1. The van der Waals surface area contributed by atoms with Crippen LogP contribution in [0.4, 0.5) is 4.79 Å². The van der Waals surface area contributed by atoms with Gasteiger partial charge in [0.25, 0.3) is 0 Å². The highest BCUT2D eigenvalue weighted by atomic mass is 16.7. The molecule has 80 valence electrons. The summed E-state index contributed by atoms with van der Waals surface area (Å²) in [6.07, 6.45) is 3.47. The topological polar surface area (TPSA) is 70.4 Å². The predicted octanol–water partition coefficient (Wildman–Crippen LogP) is 0.945. The van der Waals surface area contributed by atoms with E-state index < -0.39 is 18.9 Å². The van der Waals surface area contributed by atoms with E-state index in [1.807, 2.05) is 0 Å². The third kappa shape index (κ3) is 3.26. The van der Waals surface area contributed by atoms with Gasteiger partial charge in [0.2, 0.25) is 6.79 Å².